The second kappa shape index (κ2) is 9.61. The summed E-state index contributed by atoms with van der Waals surface area (Å²) in [5.74, 6) is 0.747. The van der Waals surface area contributed by atoms with Gasteiger partial charge in [0.25, 0.3) is 0 Å². The van der Waals surface area contributed by atoms with Crippen molar-refractivity contribution < 1.29 is 14.3 Å². The third-order valence-electron chi connectivity index (χ3n) is 4.39. The molecule has 1 saturated heterocycles. The van der Waals surface area contributed by atoms with Crippen molar-refractivity contribution in [1.82, 2.24) is 10.2 Å². The van der Waals surface area contributed by atoms with Crippen LogP contribution in [0.2, 0.25) is 0 Å². The molecule has 134 valence electrons. The summed E-state index contributed by atoms with van der Waals surface area (Å²) < 4.78 is 10.7. The van der Waals surface area contributed by atoms with Crippen molar-refractivity contribution in [2.45, 2.75) is 31.8 Å². The van der Waals surface area contributed by atoms with Gasteiger partial charge in [0.1, 0.15) is 5.75 Å². The average molecular weight is 335 g/mol. The van der Waals surface area contributed by atoms with Crippen LogP contribution in [0.5, 0.6) is 5.75 Å². The van der Waals surface area contributed by atoms with Crippen LogP contribution in [0.4, 0.5) is 0 Å². The van der Waals surface area contributed by atoms with Gasteiger partial charge >= 0.3 is 0 Å². The Kier molecular flexibility index (Phi) is 7.49. The Morgan fingerprint density at radius 2 is 2.00 bits per heavy atom. The number of rotatable bonds is 8. The summed E-state index contributed by atoms with van der Waals surface area (Å²) in [5, 5.41) is 3.01. The largest absolute Gasteiger partial charge is 0.497 e. The Bertz CT molecular complexity index is 501. The highest BCUT2D eigenvalue weighted by Crippen LogP contribution is 2.23. The van der Waals surface area contributed by atoms with E-state index >= 15 is 0 Å². The molecule has 0 bridgehead atoms. The molecule has 2 rings (SSSR count). The van der Waals surface area contributed by atoms with Gasteiger partial charge in [0.05, 0.1) is 32.4 Å². The molecular weight excluding hydrogens is 306 g/mol. The highest BCUT2D eigenvalue weighted by molar-refractivity contribution is 5.81. The second-order valence-electron chi connectivity index (χ2n) is 6.08. The molecule has 1 aliphatic heterocycles. The minimum atomic E-state index is -0.434. The van der Waals surface area contributed by atoms with Crippen molar-refractivity contribution in [3.63, 3.8) is 0 Å². The van der Waals surface area contributed by atoms with Gasteiger partial charge in [-0.25, -0.2) is 0 Å². The van der Waals surface area contributed by atoms with Crippen LogP contribution in [-0.4, -0.2) is 56.8 Å². The summed E-state index contributed by atoms with van der Waals surface area (Å²) >= 11 is 0. The summed E-state index contributed by atoms with van der Waals surface area (Å²) in [6, 6.07) is 7.68. The molecule has 6 nitrogen and oxygen atoms in total. The number of nitrogens with two attached hydrogens (primary N) is 1. The molecule has 2 unspecified atom stereocenters. The second-order valence-corrected chi connectivity index (χ2v) is 6.08. The van der Waals surface area contributed by atoms with Crippen LogP contribution in [0.15, 0.2) is 24.3 Å². The van der Waals surface area contributed by atoms with Gasteiger partial charge in [0, 0.05) is 19.6 Å². The lowest BCUT2D eigenvalue weighted by Gasteiger charge is -2.35. The zero-order valence-electron chi connectivity index (χ0n) is 14.7. The highest BCUT2D eigenvalue weighted by atomic mass is 16.5. The van der Waals surface area contributed by atoms with Gasteiger partial charge in [-0.1, -0.05) is 25.5 Å². The molecule has 0 spiro atoms. The molecule has 0 aliphatic carbocycles. The number of carbonyl (C=O) groups is 1. The predicted octanol–water partition coefficient (Wildman–Crippen LogP) is 1.31. The molecule has 0 radical (unpaired) electrons. The summed E-state index contributed by atoms with van der Waals surface area (Å²) in [5.41, 5.74) is 7.06. The Morgan fingerprint density at radius 1 is 1.33 bits per heavy atom. The molecule has 2 atom stereocenters. The Hall–Kier alpha value is -1.63. The van der Waals surface area contributed by atoms with Crippen molar-refractivity contribution in [2.24, 2.45) is 5.73 Å². The Labute approximate surface area is 144 Å². The number of amides is 1. The zero-order chi connectivity index (χ0) is 17.4. The molecule has 1 amide bonds. The van der Waals surface area contributed by atoms with Crippen molar-refractivity contribution in [3.05, 3.63) is 29.8 Å². The number of hydrogen-bond acceptors (Lipinski definition) is 5. The maximum absolute atomic E-state index is 12.2. The van der Waals surface area contributed by atoms with E-state index in [0.29, 0.717) is 13.0 Å². The van der Waals surface area contributed by atoms with E-state index in [-0.39, 0.29) is 11.9 Å². The van der Waals surface area contributed by atoms with E-state index in [2.05, 4.69) is 22.3 Å². The topological polar surface area (TPSA) is 76.8 Å². The fraction of sp³-hybridized carbons (Fsp3) is 0.611. The molecule has 1 aromatic rings. The number of benzene rings is 1. The Balaban J connectivity index is 2.05. The monoisotopic (exact) mass is 335 g/mol. The van der Waals surface area contributed by atoms with Gasteiger partial charge in [0.2, 0.25) is 5.91 Å². The van der Waals surface area contributed by atoms with E-state index in [0.717, 1.165) is 44.0 Å². The van der Waals surface area contributed by atoms with Gasteiger partial charge in [-0.3, -0.25) is 9.69 Å². The SMILES string of the molecule is CCCC(N)C(=O)NCC(c1ccc(OC)cc1)N1CCOCC1. The van der Waals surface area contributed by atoms with E-state index in [1.54, 1.807) is 7.11 Å². The molecule has 0 aromatic heterocycles. The third kappa shape index (κ3) is 5.19. The van der Waals surface area contributed by atoms with Crippen LogP contribution in [0.1, 0.15) is 31.4 Å². The first-order chi connectivity index (χ1) is 11.7. The quantitative estimate of drug-likeness (QED) is 0.749. The van der Waals surface area contributed by atoms with Crippen LogP contribution in [-0.2, 0) is 9.53 Å². The lowest BCUT2D eigenvalue weighted by Crippen LogP contribution is -2.47. The fourth-order valence-electron chi connectivity index (χ4n) is 2.94. The number of nitrogens with one attached hydrogen (secondary N) is 1. The molecule has 3 N–H and O–H groups in total. The first-order valence-corrected chi connectivity index (χ1v) is 8.64. The number of ether oxygens (including phenoxy) is 2. The maximum atomic E-state index is 12.2. The first kappa shape index (κ1) is 18.7. The predicted molar refractivity (Wildman–Crippen MR) is 94.0 cm³/mol. The number of morpholine rings is 1. The van der Waals surface area contributed by atoms with Crippen LogP contribution in [0.25, 0.3) is 0 Å². The minimum Gasteiger partial charge on any atom is -0.497 e. The van der Waals surface area contributed by atoms with E-state index in [1.807, 2.05) is 19.1 Å². The molecule has 6 heteroatoms. The number of hydrogen-bond donors (Lipinski definition) is 2. The fourth-order valence-corrected chi connectivity index (χ4v) is 2.94. The van der Waals surface area contributed by atoms with Crippen LogP contribution < -0.4 is 15.8 Å². The van der Waals surface area contributed by atoms with Gasteiger partial charge in [-0.05, 0) is 24.1 Å². The average Bonchev–Trinajstić information content (AvgIpc) is 2.63. The third-order valence-corrected chi connectivity index (χ3v) is 4.39. The van der Waals surface area contributed by atoms with E-state index < -0.39 is 6.04 Å². The number of methoxy groups -OCH3 is 1. The van der Waals surface area contributed by atoms with Crippen LogP contribution >= 0.6 is 0 Å². The van der Waals surface area contributed by atoms with E-state index in [1.165, 1.54) is 0 Å². The van der Waals surface area contributed by atoms with Gasteiger partial charge < -0.3 is 20.5 Å². The van der Waals surface area contributed by atoms with Gasteiger partial charge in [-0.2, -0.15) is 0 Å². The van der Waals surface area contributed by atoms with Crippen molar-refractivity contribution >= 4 is 5.91 Å². The number of carbonyl (C=O) groups excluding carboxylic acids is 1. The lowest BCUT2D eigenvalue weighted by atomic mass is 10.0. The standard InChI is InChI=1S/C18H29N3O3/c1-3-4-16(19)18(22)20-13-17(21-9-11-24-12-10-21)14-5-7-15(23-2)8-6-14/h5-8,16-17H,3-4,9-13,19H2,1-2H3,(H,20,22). The van der Waals surface area contributed by atoms with Crippen LogP contribution in [0.3, 0.4) is 0 Å². The van der Waals surface area contributed by atoms with Gasteiger partial charge in [0.15, 0.2) is 0 Å². The summed E-state index contributed by atoms with van der Waals surface area (Å²) in [4.78, 5) is 14.5. The first-order valence-electron chi connectivity index (χ1n) is 8.64. The summed E-state index contributed by atoms with van der Waals surface area (Å²) in [7, 11) is 1.66. The summed E-state index contributed by atoms with van der Waals surface area (Å²) in [6.07, 6.45) is 1.61. The molecule has 0 saturated carbocycles. The molecule has 1 aliphatic rings. The normalized spacial score (nSPS) is 18.0. The highest BCUT2D eigenvalue weighted by Gasteiger charge is 2.24. The molecular formula is C18H29N3O3. The molecule has 1 heterocycles. The molecule has 1 aromatic carbocycles. The Morgan fingerprint density at radius 3 is 2.58 bits per heavy atom. The van der Waals surface area contributed by atoms with Crippen molar-refractivity contribution in [2.75, 3.05) is 40.0 Å². The molecule has 1 fully saturated rings. The summed E-state index contributed by atoms with van der Waals surface area (Å²) in [6.45, 7) is 5.72. The van der Waals surface area contributed by atoms with Crippen molar-refractivity contribution in [3.8, 4) is 5.75 Å². The van der Waals surface area contributed by atoms with Crippen molar-refractivity contribution in [1.29, 1.82) is 0 Å². The maximum Gasteiger partial charge on any atom is 0.236 e. The minimum absolute atomic E-state index is 0.0800. The zero-order valence-corrected chi connectivity index (χ0v) is 14.7. The lowest BCUT2D eigenvalue weighted by molar-refractivity contribution is -0.122. The van der Waals surface area contributed by atoms with E-state index in [9.17, 15) is 4.79 Å². The van der Waals surface area contributed by atoms with Gasteiger partial charge in [-0.15, -0.1) is 0 Å². The van der Waals surface area contributed by atoms with Crippen LogP contribution in [0, 0.1) is 0 Å². The molecule has 24 heavy (non-hydrogen) atoms. The number of nitrogens with zero attached hydrogens (tertiary/aromatic N) is 1. The van der Waals surface area contributed by atoms with E-state index in [4.69, 9.17) is 15.2 Å². The smallest absolute Gasteiger partial charge is 0.236 e.